The first-order chi connectivity index (χ1) is 6.78. The molecule has 90 valence electrons. The smallest absolute Gasteiger partial charge is 0.224 e. The van der Waals surface area contributed by atoms with Crippen LogP contribution in [0, 0.1) is 11.3 Å². The van der Waals surface area contributed by atoms with Gasteiger partial charge in [0.25, 0.3) is 0 Å². The highest BCUT2D eigenvalue weighted by molar-refractivity contribution is 5.78. The van der Waals surface area contributed by atoms with E-state index in [-0.39, 0.29) is 17.2 Å². The number of carbonyl (C=O) groups excluding carboxylic acids is 1. The number of nitrogens with zero attached hydrogens (tertiary/aromatic N) is 1. The lowest BCUT2D eigenvalue weighted by Gasteiger charge is -2.28. The molecule has 15 heavy (non-hydrogen) atoms. The van der Waals surface area contributed by atoms with E-state index in [0.717, 1.165) is 6.54 Å². The number of amides is 1. The molecule has 0 rings (SSSR count). The van der Waals surface area contributed by atoms with Crippen molar-refractivity contribution in [2.75, 3.05) is 33.7 Å². The molecule has 1 amide bonds. The average Bonchev–Trinajstić information content (AvgIpc) is 2.11. The van der Waals surface area contributed by atoms with Crippen molar-refractivity contribution in [3.8, 4) is 0 Å². The predicted octanol–water partition coefficient (Wildman–Crippen LogP) is 0.285. The van der Waals surface area contributed by atoms with Crippen LogP contribution in [0.4, 0.5) is 0 Å². The van der Waals surface area contributed by atoms with E-state index in [2.05, 4.69) is 24.1 Å². The van der Waals surface area contributed by atoms with Crippen LogP contribution < -0.4 is 11.1 Å². The molecule has 0 aromatic rings. The minimum absolute atomic E-state index is 0.0457. The number of carbonyl (C=O) groups is 1. The van der Waals surface area contributed by atoms with Crippen LogP contribution in [0.25, 0.3) is 0 Å². The molecule has 1 unspecified atom stereocenters. The van der Waals surface area contributed by atoms with Gasteiger partial charge in [-0.05, 0) is 19.5 Å². The van der Waals surface area contributed by atoms with Crippen LogP contribution in [0.15, 0.2) is 0 Å². The number of hydrogen-bond acceptors (Lipinski definition) is 3. The van der Waals surface area contributed by atoms with Gasteiger partial charge in [-0.2, -0.15) is 0 Å². The average molecular weight is 215 g/mol. The Morgan fingerprint density at radius 2 is 2.00 bits per heavy atom. The molecule has 0 aromatic heterocycles. The fraction of sp³-hybridized carbons (Fsp3) is 0.909. The van der Waals surface area contributed by atoms with Crippen molar-refractivity contribution in [2.24, 2.45) is 17.1 Å². The molecule has 0 aromatic carbocycles. The maximum absolute atomic E-state index is 11.5. The van der Waals surface area contributed by atoms with E-state index >= 15 is 0 Å². The number of rotatable bonds is 6. The summed E-state index contributed by atoms with van der Waals surface area (Å²) >= 11 is 0. The monoisotopic (exact) mass is 215 g/mol. The zero-order chi connectivity index (χ0) is 12.1. The molecule has 4 nitrogen and oxygen atoms in total. The van der Waals surface area contributed by atoms with Crippen molar-refractivity contribution < 1.29 is 4.79 Å². The van der Waals surface area contributed by atoms with Crippen LogP contribution in [0.2, 0.25) is 0 Å². The van der Waals surface area contributed by atoms with Crippen LogP contribution in [-0.2, 0) is 4.79 Å². The van der Waals surface area contributed by atoms with Crippen molar-refractivity contribution in [3.63, 3.8) is 0 Å². The topological polar surface area (TPSA) is 58.4 Å². The molecule has 0 saturated carbocycles. The summed E-state index contributed by atoms with van der Waals surface area (Å²) in [6, 6.07) is 0. The van der Waals surface area contributed by atoms with E-state index in [1.54, 1.807) is 0 Å². The third kappa shape index (κ3) is 6.47. The maximum Gasteiger partial charge on any atom is 0.224 e. The van der Waals surface area contributed by atoms with E-state index in [1.807, 2.05) is 21.0 Å². The molecule has 0 aliphatic rings. The quantitative estimate of drug-likeness (QED) is 0.669. The Morgan fingerprint density at radius 1 is 1.47 bits per heavy atom. The fourth-order valence-corrected chi connectivity index (χ4v) is 1.52. The molecular formula is C11H25N3O. The van der Waals surface area contributed by atoms with Crippen LogP contribution >= 0.6 is 0 Å². The lowest BCUT2D eigenvalue weighted by atomic mass is 9.92. The van der Waals surface area contributed by atoms with E-state index in [0.29, 0.717) is 13.1 Å². The van der Waals surface area contributed by atoms with Crippen molar-refractivity contribution in [1.82, 2.24) is 10.2 Å². The second kappa shape index (κ2) is 6.08. The van der Waals surface area contributed by atoms with E-state index < -0.39 is 0 Å². The molecular weight excluding hydrogens is 190 g/mol. The molecule has 1 atom stereocenters. The summed E-state index contributed by atoms with van der Waals surface area (Å²) in [6.07, 6.45) is 0. The zero-order valence-corrected chi connectivity index (χ0v) is 10.6. The van der Waals surface area contributed by atoms with E-state index in [4.69, 9.17) is 5.73 Å². The van der Waals surface area contributed by atoms with Gasteiger partial charge in [0, 0.05) is 25.6 Å². The second-order valence-corrected chi connectivity index (χ2v) is 5.26. The Hall–Kier alpha value is -0.610. The molecule has 0 radical (unpaired) electrons. The summed E-state index contributed by atoms with van der Waals surface area (Å²) in [6.45, 7) is 8.16. The van der Waals surface area contributed by atoms with Gasteiger partial charge in [0.1, 0.15) is 0 Å². The molecule has 0 aliphatic heterocycles. The van der Waals surface area contributed by atoms with Crippen molar-refractivity contribution in [1.29, 1.82) is 0 Å². The molecule has 0 spiro atoms. The van der Waals surface area contributed by atoms with Gasteiger partial charge in [-0.15, -0.1) is 0 Å². The highest BCUT2D eigenvalue weighted by Crippen LogP contribution is 2.14. The first-order valence-electron chi connectivity index (χ1n) is 5.41. The van der Waals surface area contributed by atoms with E-state index in [1.165, 1.54) is 0 Å². The molecule has 0 fully saturated rings. The van der Waals surface area contributed by atoms with E-state index in [9.17, 15) is 4.79 Å². The maximum atomic E-state index is 11.5. The van der Waals surface area contributed by atoms with Gasteiger partial charge < -0.3 is 16.0 Å². The number of nitrogens with one attached hydrogen (secondary N) is 1. The van der Waals surface area contributed by atoms with Crippen LogP contribution in [0.3, 0.4) is 0 Å². The Labute approximate surface area is 93.2 Å². The highest BCUT2D eigenvalue weighted by atomic mass is 16.1. The van der Waals surface area contributed by atoms with Gasteiger partial charge in [0.2, 0.25) is 5.91 Å². The summed E-state index contributed by atoms with van der Waals surface area (Å²) in [5, 5.41) is 2.93. The van der Waals surface area contributed by atoms with Crippen LogP contribution in [-0.4, -0.2) is 44.5 Å². The molecule has 0 aliphatic carbocycles. The third-order valence-corrected chi connectivity index (χ3v) is 2.29. The summed E-state index contributed by atoms with van der Waals surface area (Å²) in [5.74, 6) is -0.0514. The number of nitrogens with two attached hydrogens (primary N) is 1. The van der Waals surface area contributed by atoms with Crippen molar-refractivity contribution >= 4 is 5.91 Å². The standard InChI is InChI=1S/C11H25N3O/c1-9(6-12)10(15)13-7-11(2,3)8-14(4)5/h9H,6-8,12H2,1-5H3,(H,13,15). The fourth-order valence-electron chi connectivity index (χ4n) is 1.52. The van der Waals surface area contributed by atoms with Gasteiger partial charge in [-0.3, -0.25) is 4.79 Å². The minimum atomic E-state index is -0.0971. The lowest BCUT2D eigenvalue weighted by Crippen LogP contribution is -2.42. The van der Waals surface area contributed by atoms with Gasteiger partial charge in [-0.1, -0.05) is 20.8 Å². The summed E-state index contributed by atoms with van der Waals surface area (Å²) < 4.78 is 0. The number of hydrogen-bond donors (Lipinski definition) is 2. The van der Waals surface area contributed by atoms with Crippen LogP contribution in [0.1, 0.15) is 20.8 Å². The van der Waals surface area contributed by atoms with Crippen molar-refractivity contribution in [2.45, 2.75) is 20.8 Å². The molecule has 4 heteroatoms. The highest BCUT2D eigenvalue weighted by Gasteiger charge is 2.20. The molecule has 0 saturated heterocycles. The van der Waals surface area contributed by atoms with Gasteiger partial charge >= 0.3 is 0 Å². The largest absolute Gasteiger partial charge is 0.355 e. The SMILES string of the molecule is CC(CN)C(=O)NCC(C)(C)CN(C)C. The predicted molar refractivity (Wildman–Crippen MR) is 63.6 cm³/mol. The second-order valence-electron chi connectivity index (χ2n) is 5.26. The van der Waals surface area contributed by atoms with Crippen LogP contribution in [0.5, 0.6) is 0 Å². The summed E-state index contributed by atoms with van der Waals surface area (Å²) in [7, 11) is 4.07. The molecule has 0 bridgehead atoms. The van der Waals surface area contributed by atoms with Crippen molar-refractivity contribution in [3.05, 3.63) is 0 Å². The minimum Gasteiger partial charge on any atom is -0.355 e. The lowest BCUT2D eigenvalue weighted by molar-refractivity contribution is -0.124. The van der Waals surface area contributed by atoms with Gasteiger partial charge in [-0.25, -0.2) is 0 Å². The Kier molecular flexibility index (Phi) is 5.83. The zero-order valence-electron chi connectivity index (χ0n) is 10.6. The van der Waals surface area contributed by atoms with Gasteiger partial charge in [0.05, 0.1) is 0 Å². The first kappa shape index (κ1) is 14.4. The first-order valence-corrected chi connectivity index (χ1v) is 5.41. The molecule has 3 N–H and O–H groups in total. The summed E-state index contributed by atoms with van der Waals surface area (Å²) in [4.78, 5) is 13.6. The summed E-state index contributed by atoms with van der Waals surface area (Å²) in [5.41, 5.74) is 5.51. The Balaban J connectivity index is 3.98. The normalized spacial score (nSPS) is 14.1. The Morgan fingerprint density at radius 3 is 2.40 bits per heavy atom. The third-order valence-electron chi connectivity index (χ3n) is 2.29. The van der Waals surface area contributed by atoms with Gasteiger partial charge in [0.15, 0.2) is 0 Å². The Bertz CT molecular complexity index is 202. The molecule has 0 heterocycles.